The Labute approximate surface area is 110 Å². The van der Waals surface area contributed by atoms with Gasteiger partial charge < -0.3 is 10.0 Å². The van der Waals surface area contributed by atoms with Crippen molar-refractivity contribution in [1.29, 1.82) is 0 Å². The van der Waals surface area contributed by atoms with Gasteiger partial charge in [-0.15, -0.1) is 0 Å². The lowest BCUT2D eigenvalue weighted by Crippen LogP contribution is -2.31. The van der Waals surface area contributed by atoms with Gasteiger partial charge in [-0.3, -0.25) is 14.4 Å². The number of aryl methyl sites for hydroxylation is 1. The summed E-state index contributed by atoms with van der Waals surface area (Å²) in [7, 11) is 0. The first-order valence-electron chi connectivity index (χ1n) is 6.20. The zero-order valence-corrected chi connectivity index (χ0v) is 10.7. The number of unbranched alkanes of at least 4 members (excludes halogenated alkanes) is 1. The maximum atomic E-state index is 11.9. The minimum atomic E-state index is -0.847. The van der Waals surface area contributed by atoms with Crippen molar-refractivity contribution < 1.29 is 19.5 Å². The number of aliphatic carboxylic acids is 1. The molecule has 5 nitrogen and oxygen atoms in total. The van der Waals surface area contributed by atoms with Gasteiger partial charge in [0.25, 0.3) is 11.7 Å². The van der Waals surface area contributed by atoms with Crippen molar-refractivity contribution in [3.63, 3.8) is 0 Å². The van der Waals surface area contributed by atoms with E-state index in [1.807, 2.05) is 13.0 Å². The van der Waals surface area contributed by atoms with E-state index in [9.17, 15) is 14.4 Å². The third-order valence-corrected chi connectivity index (χ3v) is 3.21. The standard InChI is InChI=1S/C14H15NO4/c1-9-5-4-6-10-12(9)15(14(19)13(10)18)8-3-2-7-11(16)17/h4-6H,2-3,7-8H2,1H3,(H,16,17). The van der Waals surface area contributed by atoms with Gasteiger partial charge in [0.05, 0.1) is 11.3 Å². The number of Topliss-reactive ketones (excluding diaryl/α,β-unsaturated/α-hetero) is 1. The van der Waals surface area contributed by atoms with E-state index in [4.69, 9.17) is 5.11 Å². The van der Waals surface area contributed by atoms with Crippen LogP contribution in [-0.2, 0) is 9.59 Å². The fourth-order valence-electron chi connectivity index (χ4n) is 2.30. The Balaban J connectivity index is 2.12. The molecule has 0 aliphatic carbocycles. The fourth-order valence-corrected chi connectivity index (χ4v) is 2.30. The van der Waals surface area contributed by atoms with Crippen LogP contribution in [0, 0.1) is 6.92 Å². The van der Waals surface area contributed by atoms with Crippen LogP contribution < -0.4 is 4.90 Å². The lowest BCUT2D eigenvalue weighted by atomic mass is 10.1. The summed E-state index contributed by atoms with van der Waals surface area (Å²) in [5.74, 6) is -1.84. The number of rotatable bonds is 5. The molecule has 1 aliphatic rings. The number of hydrogen-bond donors (Lipinski definition) is 1. The number of nitrogens with zero attached hydrogens (tertiary/aromatic N) is 1. The Kier molecular flexibility index (Phi) is 3.64. The van der Waals surface area contributed by atoms with Crippen LogP contribution in [0.3, 0.4) is 0 Å². The molecule has 1 aromatic rings. The molecule has 19 heavy (non-hydrogen) atoms. The number of para-hydroxylation sites is 1. The fraction of sp³-hybridized carbons (Fsp3) is 0.357. The summed E-state index contributed by atoms with van der Waals surface area (Å²) in [4.78, 5) is 35.6. The molecular weight excluding hydrogens is 246 g/mol. The molecule has 1 aliphatic heterocycles. The number of ketones is 1. The summed E-state index contributed by atoms with van der Waals surface area (Å²) in [6.07, 6.45) is 1.14. The lowest BCUT2D eigenvalue weighted by molar-refractivity contribution is -0.137. The summed E-state index contributed by atoms with van der Waals surface area (Å²) >= 11 is 0. The van der Waals surface area contributed by atoms with E-state index in [-0.39, 0.29) is 6.42 Å². The van der Waals surface area contributed by atoms with Gasteiger partial charge in [0.2, 0.25) is 0 Å². The van der Waals surface area contributed by atoms with E-state index in [2.05, 4.69) is 0 Å². The first-order chi connectivity index (χ1) is 9.02. The Bertz CT molecular complexity index is 550. The van der Waals surface area contributed by atoms with Crippen LogP contribution in [-0.4, -0.2) is 29.3 Å². The number of amides is 1. The topological polar surface area (TPSA) is 74.7 Å². The molecule has 0 unspecified atom stereocenters. The average Bonchev–Trinajstić information content (AvgIpc) is 2.60. The van der Waals surface area contributed by atoms with Crippen molar-refractivity contribution in [3.05, 3.63) is 29.3 Å². The minimum Gasteiger partial charge on any atom is -0.481 e. The highest BCUT2D eigenvalue weighted by molar-refractivity contribution is 6.52. The molecule has 0 saturated carbocycles. The van der Waals surface area contributed by atoms with Crippen LogP contribution in [0.5, 0.6) is 0 Å². The molecule has 1 N–H and O–H groups in total. The molecule has 2 rings (SSSR count). The van der Waals surface area contributed by atoms with Crippen LogP contribution in [0.25, 0.3) is 0 Å². The number of anilines is 1. The molecule has 0 radical (unpaired) electrons. The Morgan fingerprint density at radius 2 is 2.00 bits per heavy atom. The number of carboxylic acid groups (broad SMARTS) is 1. The molecule has 1 amide bonds. The van der Waals surface area contributed by atoms with Gasteiger partial charge in [-0.25, -0.2) is 0 Å². The molecule has 5 heteroatoms. The van der Waals surface area contributed by atoms with Gasteiger partial charge >= 0.3 is 5.97 Å². The maximum Gasteiger partial charge on any atom is 0.303 e. The zero-order valence-electron chi connectivity index (χ0n) is 10.7. The Morgan fingerprint density at radius 1 is 1.26 bits per heavy atom. The summed E-state index contributed by atoms with van der Waals surface area (Å²) in [5.41, 5.74) is 2.01. The van der Waals surface area contributed by atoms with Crippen LogP contribution >= 0.6 is 0 Å². The van der Waals surface area contributed by atoms with Crippen LogP contribution in [0.15, 0.2) is 18.2 Å². The minimum absolute atomic E-state index is 0.0800. The Morgan fingerprint density at radius 3 is 2.68 bits per heavy atom. The van der Waals surface area contributed by atoms with Gasteiger partial charge in [0, 0.05) is 13.0 Å². The lowest BCUT2D eigenvalue weighted by Gasteiger charge is -2.18. The van der Waals surface area contributed by atoms with E-state index in [1.54, 1.807) is 12.1 Å². The Hall–Kier alpha value is -2.17. The van der Waals surface area contributed by atoms with E-state index in [1.165, 1.54) is 4.90 Å². The van der Waals surface area contributed by atoms with Gasteiger partial charge in [-0.1, -0.05) is 12.1 Å². The number of carbonyl (C=O) groups is 3. The number of fused-ring (bicyclic) bond motifs is 1. The van der Waals surface area contributed by atoms with Gasteiger partial charge in [0.15, 0.2) is 0 Å². The predicted octanol–water partition coefficient (Wildman–Crippen LogP) is 1.78. The third-order valence-electron chi connectivity index (χ3n) is 3.21. The monoisotopic (exact) mass is 261 g/mol. The molecule has 0 spiro atoms. The largest absolute Gasteiger partial charge is 0.481 e. The molecule has 1 heterocycles. The zero-order chi connectivity index (χ0) is 14.0. The van der Waals surface area contributed by atoms with Crippen molar-refractivity contribution in [3.8, 4) is 0 Å². The molecule has 0 saturated heterocycles. The normalized spacial score (nSPS) is 13.8. The predicted molar refractivity (Wildman–Crippen MR) is 69.3 cm³/mol. The molecule has 100 valence electrons. The third kappa shape index (κ3) is 2.50. The summed E-state index contributed by atoms with van der Waals surface area (Å²) in [5, 5.41) is 8.57. The number of hydrogen-bond acceptors (Lipinski definition) is 3. The van der Waals surface area contributed by atoms with Gasteiger partial charge in [-0.05, 0) is 31.4 Å². The first-order valence-corrected chi connectivity index (χ1v) is 6.20. The van der Waals surface area contributed by atoms with Gasteiger partial charge in [0.1, 0.15) is 0 Å². The van der Waals surface area contributed by atoms with E-state index in [0.717, 1.165) is 5.56 Å². The van der Waals surface area contributed by atoms with Crippen LogP contribution in [0.1, 0.15) is 35.2 Å². The van der Waals surface area contributed by atoms with E-state index < -0.39 is 17.7 Å². The number of benzene rings is 1. The maximum absolute atomic E-state index is 11.9. The number of carboxylic acids is 1. The summed E-state index contributed by atoms with van der Waals surface area (Å²) < 4.78 is 0. The second kappa shape index (κ2) is 5.22. The van der Waals surface area contributed by atoms with Crippen LogP contribution in [0.2, 0.25) is 0 Å². The van der Waals surface area contributed by atoms with E-state index in [0.29, 0.717) is 30.6 Å². The highest BCUT2D eigenvalue weighted by Gasteiger charge is 2.36. The van der Waals surface area contributed by atoms with E-state index >= 15 is 0 Å². The summed E-state index contributed by atoms with van der Waals surface area (Å²) in [6.45, 7) is 2.24. The van der Waals surface area contributed by atoms with Crippen LogP contribution in [0.4, 0.5) is 5.69 Å². The average molecular weight is 261 g/mol. The SMILES string of the molecule is Cc1cccc2c1N(CCCCC(=O)O)C(=O)C2=O. The van der Waals surface area contributed by atoms with Crippen molar-refractivity contribution in [2.24, 2.45) is 0 Å². The summed E-state index contributed by atoms with van der Waals surface area (Å²) in [6, 6.07) is 5.27. The van der Waals surface area contributed by atoms with Gasteiger partial charge in [-0.2, -0.15) is 0 Å². The second-order valence-electron chi connectivity index (χ2n) is 4.61. The highest BCUT2D eigenvalue weighted by atomic mass is 16.4. The van der Waals surface area contributed by atoms with Crippen molar-refractivity contribution in [1.82, 2.24) is 0 Å². The van der Waals surface area contributed by atoms with Crippen molar-refractivity contribution in [2.75, 3.05) is 11.4 Å². The van der Waals surface area contributed by atoms with Crippen molar-refractivity contribution in [2.45, 2.75) is 26.2 Å². The molecule has 0 fully saturated rings. The first kappa shape index (κ1) is 13.3. The molecule has 0 atom stereocenters. The quantitative estimate of drug-likeness (QED) is 0.647. The highest BCUT2D eigenvalue weighted by Crippen LogP contribution is 2.32. The van der Waals surface area contributed by atoms with Crippen molar-refractivity contribution >= 4 is 23.3 Å². The second-order valence-corrected chi connectivity index (χ2v) is 4.61. The smallest absolute Gasteiger partial charge is 0.303 e. The molecule has 0 bridgehead atoms. The molecular formula is C14H15NO4. The number of carbonyl (C=O) groups excluding carboxylic acids is 2. The molecule has 1 aromatic carbocycles. The molecule has 0 aromatic heterocycles.